The summed E-state index contributed by atoms with van der Waals surface area (Å²) in [6, 6.07) is 3.84. The van der Waals surface area contributed by atoms with Crippen LogP contribution < -0.4 is 5.32 Å². The number of hydrogen-bond acceptors (Lipinski definition) is 6. The molecule has 0 radical (unpaired) electrons. The summed E-state index contributed by atoms with van der Waals surface area (Å²) in [5.74, 6) is 1.93. The number of aryl methyl sites for hydroxylation is 3. The van der Waals surface area contributed by atoms with Crippen LogP contribution in [-0.4, -0.2) is 37.3 Å². The zero-order valence-electron chi connectivity index (χ0n) is 15.2. The third-order valence-corrected chi connectivity index (χ3v) is 4.33. The SMILES string of the molecule is CC(=O)N1CCCC[C@H]1c1cc(Nc2nc(C)cc(C)n2)nc(C)n1. The van der Waals surface area contributed by atoms with Gasteiger partial charge in [-0.3, -0.25) is 4.79 Å². The average Bonchev–Trinajstić information content (AvgIpc) is 2.53. The Hall–Kier alpha value is -2.57. The number of amides is 1. The van der Waals surface area contributed by atoms with Crippen LogP contribution in [-0.2, 0) is 4.79 Å². The lowest BCUT2D eigenvalue weighted by atomic mass is 9.99. The van der Waals surface area contributed by atoms with Gasteiger partial charge in [0.15, 0.2) is 0 Å². The Morgan fingerprint density at radius 1 is 1.08 bits per heavy atom. The zero-order valence-corrected chi connectivity index (χ0v) is 15.2. The molecule has 1 aliphatic heterocycles. The van der Waals surface area contributed by atoms with Crippen molar-refractivity contribution in [3.05, 3.63) is 35.0 Å². The number of piperidine rings is 1. The van der Waals surface area contributed by atoms with Crippen molar-refractivity contribution >= 4 is 17.7 Å². The van der Waals surface area contributed by atoms with Gasteiger partial charge in [0, 0.05) is 30.9 Å². The van der Waals surface area contributed by atoms with Gasteiger partial charge in [-0.15, -0.1) is 0 Å². The van der Waals surface area contributed by atoms with Crippen LogP contribution in [0.5, 0.6) is 0 Å². The van der Waals surface area contributed by atoms with Gasteiger partial charge in [0.25, 0.3) is 0 Å². The van der Waals surface area contributed by atoms with E-state index in [-0.39, 0.29) is 11.9 Å². The van der Waals surface area contributed by atoms with Gasteiger partial charge >= 0.3 is 0 Å². The van der Waals surface area contributed by atoms with Gasteiger partial charge in [0.2, 0.25) is 11.9 Å². The molecular formula is C18H24N6O. The predicted molar refractivity (Wildman–Crippen MR) is 95.5 cm³/mol. The monoisotopic (exact) mass is 340 g/mol. The number of rotatable bonds is 3. The fourth-order valence-electron chi connectivity index (χ4n) is 3.34. The number of anilines is 2. The lowest BCUT2D eigenvalue weighted by Gasteiger charge is -2.34. The van der Waals surface area contributed by atoms with Crippen LogP contribution >= 0.6 is 0 Å². The van der Waals surface area contributed by atoms with E-state index >= 15 is 0 Å². The minimum Gasteiger partial charge on any atom is -0.334 e. The van der Waals surface area contributed by atoms with Gasteiger partial charge in [0.1, 0.15) is 11.6 Å². The van der Waals surface area contributed by atoms with Crippen LogP contribution in [0.1, 0.15) is 55.1 Å². The molecule has 1 N–H and O–H groups in total. The molecule has 0 spiro atoms. The summed E-state index contributed by atoms with van der Waals surface area (Å²) in [5, 5.41) is 3.17. The minimum absolute atomic E-state index is 0.00802. The molecule has 132 valence electrons. The molecule has 1 aliphatic rings. The highest BCUT2D eigenvalue weighted by Gasteiger charge is 2.27. The normalized spacial score (nSPS) is 17.4. The Labute approximate surface area is 147 Å². The molecule has 25 heavy (non-hydrogen) atoms. The average molecular weight is 340 g/mol. The fraction of sp³-hybridized carbons (Fsp3) is 0.500. The van der Waals surface area contributed by atoms with E-state index in [1.807, 2.05) is 37.8 Å². The van der Waals surface area contributed by atoms with Crippen molar-refractivity contribution in [3.8, 4) is 0 Å². The van der Waals surface area contributed by atoms with Crippen molar-refractivity contribution in [1.82, 2.24) is 24.8 Å². The number of hydrogen-bond donors (Lipinski definition) is 1. The first kappa shape index (κ1) is 17.3. The van der Waals surface area contributed by atoms with E-state index in [0.29, 0.717) is 17.6 Å². The second-order valence-electron chi connectivity index (χ2n) is 6.55. The third-order valence-electron chi connectivity index (χ3n) is 4.33. The first-order chi connectivity index (χ1) is 11.9. The summed E-state index contributed by atoms with van der Waals surface area (Å²) < 4.78 is 0. The van der Waals surface area contributed by atoms with Crippen LogP contribution in [0.4, 0.5) is 11.8 Å². The highest BCUT2D eigenvalue weighted by atomic mass is 16.2. The van der Waals surface area contributed by atoms with Crippen LogP contribution in [0.25, 0.3) is 0 Å². The minimum atomic E-state index is 0.00802. The smallest absolute Gasteiger partial charge is 0.228 e. The highest BCUT2D eigenvalue weighted by molar-refractivity contribution is 5.74. The van der Waals surface area contributed by atoms with Crippen molar-refractivity contribution < 1.29 is 4.79 Å². The molecule has 3 rings (SSSR count). The highest BCUT2D eigenvalue weighted by Crippen LogP contribution is 2.31. The van der Waals surface area contributed by atoms with Crippen molar-refractivity contribution in [2.75, 3.05) is 11.9 Å². The van der Waals surface area contributed by atoms with Crippen LogP contribution in [0, 0.1) is 20.8 Å². The second kappa shape index (κ2) is 7.13. The molecule has 3 heterocycles. The van der Waals surface area contributed by atoms with E-state index in [1.165, 1.54) is 0 Å². The van der Waals surface area contributed by atoms with Gasteiger partial charge < -0.3 is 10.2 Å². The summed E-state index contributed by atoms with van der Waals surface area (Å²) in [7, 11) is 0. The molecule has 2 aromatic rings. The van der Waals surface area contributed by atoms with Crippen LogP contribution in [0.2, 0.25) is 0 Å². The third kappa shape index (κ3) is 4.10. The first-order valence-electron chi connectivity index (χ1n) is 8.64. The van der Waals surface area contributed by atoms with Gasteiger partial charge in [0.05, 0.1) is 11.7 Å². The predicted octanol–water partition coefficient (Wildman–Crippen LogP) is 3.01. The fourth-order valence-corrected chi connectivity index (χ4v) is 3.34. The van der Waals surface area contributed by atoms with E-state index in [2.05, 4.69) is 25.3 Å². The molecule has 0 aromatic carbocycles. The summed E-state index contributed by atoms with van der Waals surface area (Å²) in [4.78, 5) is 31.7. The number of carbonyl (C=O) groups is 1. The molecule has 1 saturated heterocycles. The Balaban J connectivity index is 1.90. The Morgan fingerprint density at radius 2 is 1.80 bits per heavy atom. The maximum atomic E-state index is 12.0. The molecule has 1 amide bonds. The molecule has 0 unspecified atom stereocenters. The summed E-state index contributed by atoms with van der Waals surface area (Å²) in [6.07, 6.45) is 3.07. The maximum absolute atomic E-state index is 12.0. The first-order valence-corrected chi connectivity index (χ1v) is 8.64. The summed E-state index contributed by atoms with van der Waals surface area (Å²) in [5.41, 5.74) is 2.67. The molecular weight excluding hydrogens is 316 g/mol. The Morgan fingerprint density at radius 3 is 2.48 bits per heavy atom. The number of likely N-dealkylation sites (tertiary alicyclic amines) is 1. The quantitative estimate of drug-likeness (QED) is 0.924. The number of aromatic nitrogens is 4. The number of carbonyl (C=O) groups excluding carboxylic acids is 1. The Kier molecular flexibility index (Phi) is 4.92. The molecule has 1 atom stereocenters. The largest absolute Gasteiger partial charge is 0.334 e. The van der Waals surface area contributed by atoms with Crippen molar-refractivity contribution in [3.63, 3.8) is 0 Å². The Bertz CT molecular complexity index is 771. The van der Waals surface area contributed by atoms with Gasteiger partial charge in [-0.1, -0.05) is 0 Å². The lowest BCUT2D eigenvalue weighted by molar-refractivity contribution is -0.132. The number of nitrogens with zero attached hydrogens (tertiary/aromatic N) is 5. The van der Waals surface area contributed by atoms with Gasteiger partial charge in [-0.05, 0) is 46.1 Å². The van der Waals surface area contributed by atoms with Crippen LogP contribution in [0.3, 0.4) is 0 Å². The van der Waals surface area contributed by atoms with Crippen molar-refractivity contribution in [2.45, 2.75) is 53.0 Å². The molecule has 1 fully saturated rings. The molecule has 0 aliphatic carbocycles. The van der Waals surface area contributed by atoms with Gasteiger partial charge in [-0.2, -0.15) is 0 Å². The van der Waals surface area contributed by atoms with E-state index in [9.17, 15) is 4.79 Å². The van der Waals surface area contributed by atoms with E-state index in [1.54, 1.807) is 6.92 Å². The van der Waals surface area contributed by atoms with E-state index in [0.717, 1.165) is 42.9 Å². The maximum Gasteiger partial charge on any atom is 0.228 e. The van der Waals surface area contributed by atoms with Crippen molar-refractivity contribution in [1.29, 1.82) is 0 Å². The summed E-state index contributed by atoms with van der Waals surface area (Å²) in [6.45, 7) is 8.13. The molecule has 2 aromatic heterocycles. The number of nitrogens with one attached hydrogen (secondary N) is 1. The van der Waals surface area contributed by atoms with E-state index < -0.39 is 0 Å². The second-order valence-corrected chi connectivity index (χ2v) is 6.55. The zero-order chi connectivity index (χ0) is 18.0. The van der Waals surface area contributed by atoms with E-state index in [4.69, 9.17) is 0 Å². The molecule has 0 saturated carbocycles. The van der Waals surface area contributed by atoms with Crippen LogP contribution in [0.15, 0.2) is 12.1 Å². The van der Waals surface area contributed by atoms with Crippen molar-refractivity contribution in [2.24, 2.45) is 0 Å². The molecule has 7 nitrogen and oxygen atoms in total. The van der Waals surface area contributed by atoms with Gasteiger partial charge in [-0.25, -0.2) is 19.9 Å². The topological polar surface area (TPSA) is 83.9 Å². The molecule has 0 bridgehead atoms. The molecule has 7 heteroatoms. The lowest BCUT2D eigenvalue weighted by Crippen LogP contribution is -2.37. The summed E-state index contributed by atoms with van der Waals surface area (Å²) >= 11 is 0. The standard InChI is InChI=1S/C18H24N6O/c1-11-9-12(2)20-18(19-11)23-17-10-15(21-13(3)22-17)16-7-5-6-8-24(16)14(4)25/h9-10,16H,5-8H2,1-4H3,(H,19,20,21,22,23)/t16-/m0/s1.